The maximum atomic E-state index is 12.9. The first-order chi connectivity index (χ1) is 21.0. The third-order valence-corrected chi connectivity index (χ3v) is 7.44. The fourth-order valence-corrected chi connectivity index (χ4v) is 5.29. The summed E-state index contributed by atoms with van der Waals surface area (Å²) in [5, 5.41) is 7.42. The molecule has 1 saturated heterocycles. The van der Waals surface area contributed by atoms with E-state index in [0.717, 1.165) is 22.9 Å². The number of alkyl halides is 3. The van der Waals surface area contributed by atoms with Crippen LogP contribution >= 0.6 is 23.4 Å². The molecule has 3 aromatic carbocycles. The number of nitrogens with one attached hydrogen (secondary N) is 1. The Bertz CT molecular complexity index is 1730. The fraction of sp³-hybridized carbons (Fsp3) is 0.207. The van der Waals surface area contributed by atoms with Gasteiger partial charge in [-0.25, -0.2) is 14.5 Å². The van der Waals surface area contributed by atoms with Crippen LogP contribution in [0.2, 0.25) is 5.02 Å². The van der Waals surface area contributed by atoms with Crippen LogP contribution in [0.25, 0.3) is 17.1 Å². The number of urea groups is 1. The lowest BCUT2D eigenvalue weighted by atomic mass is 10.1. The van der Waals surface area contributed by atoms with Gasteiger partial charge in [-0.1, -0.05) is 35.5 Å². The molecule has 15 heteroatoms. The number of ether oxygens (including phenoxy) is 2. The molecule has 10 nitrogen and oxygen atoms in total. The number of carbonyl (C=O) groups excluding carboxylic acids is 2. The lowest BCUT2D eigenvalue weighted by Gasteiger charge is -2.20. The largest absolute Gasteiger partial charge is 0.573 e. The molecule has 1 aliphatic rings. The van der Waals surface area contributed by atoms with Crippen molar-refractivity contribution in [1.82, 2.24) is 14.8 Å². The van der Waals surface area contributed by atoms with Gasteiger partial charge in [0.1, 0.15) is 12.1 Å². The molecule has 1 aliphatic heterocycles. The third-order valence-electron chi connectivity index (χ3n) is 6.20. The summed E-state index contributed by atoms with van der Waals surface area (Å²) in [7, 11) is 0. The number of anilines is 2. The van der Waals surface area contributed by atoms with Crippen molar-refractivity contribution in [3.05, 3.63) is 83.1 Å². The quantitative estimate of drug-likeness (QED) is 0.220. The molecule has 5 rings (SSSR count). The summed E-state index contributed by atoms with van der Waals surface area (Å²) < 4.78 is 48.1. The van der Waals surface area contributed by atoms with Crippen LogP contribution in [0.4, 0.5) is 29.3 Å². The van der Waals surface area contributed by atoms with E-state index in [1.807, 2.05) is 32.0 Å². The van der Waals surface area contributed by atoms with E-state index in [1.165, 1.54) is 40.2 Å². The van der Waals surface area contributed by atoms with Gasteiger partial charge >= 0.3 is 12.4 Å². The van der Waals surface area contributed by atoms with Gasteiger partial charge < -0.3 is 14.8 Å². The van der Waals surface area contributed by atoms with E-state index in [1.54, 1.807) is 18.2 Å². The SMILES string of the molecule is CCOCc1ccc(C)cc1N1C(=O)CS/C1=N\C(=O)Nc1ccc(-c2ncn(-c3ccc(OC(F)(F)F)cc3)n2)cc1Cl. The van der Waals surface area contributed by atoms with Crippen LogP contribution < -0.4 is 15.0 Å². The Morgan fingerprint density at radius 2 is 1.91 bits per heavy atom. The number of hydrogen-bond acceptors (Lipinski definition) is 7. The van der Waals surface area contributed by atoms with E-state index in [-0.39, 0.29) is 39.1 Å². The molecule has 2 heterocycles. The van der Waals surface area contributed by atoms with Crippen molar-refractivity contribution in [2.75, 3.05) is 22.6 Å². The molecule has 0 spiro atoms. The second-order valence-electron chi connectivity index (χ2n) is 9.36. The number of aromatic nitrogens is 3. The zero-order chi connectivity index (χ0) is 31.4. The average Bonchev–Trinajstić information content (AvgIpc) is 3.60. The van der Waals surface area contributed by atoms with Gasteiger partial charge in [-0.05, 0) is 67.9 Å². The minimum Gasteiger partial charge on any atom is -0.406 e. The van der Waals surface area contributed by atoms with Gasteiger partial charge in [0.2, 0.25) is 5.91 Å². The monoisotopic (exact) mass is 644 g/mol. The summed E-state index contributed by atoms with van der Waals surface area (Å²) in [4.78, 5) is 35.5. The number of thioether (sulfide) groups is 1. The molecule has 228 valence electrons. The van der Waals surface area contributed by atoms with Gasteiger partial charge in [-0.2, -0.15) is 4.99 Å². The third kappa shape index (κ3) is 7.38. The van der Waals surface area contributed by atoms with Gasteiger partial charge in [-0.15, -0.1) is 18.3 Å². The zero-order valence-electron chi connectivity index (χ0n) is 23.3. The van der Waals surface area contributed by atoms with E-state index in [4.69, 9.17) is 16.3 Å². The second kappa shape index (κ2) is 13.1. The number of aryl methyl sites for hydroxylation is 1. The number of hydrogen-bond donors (Lipinski definition) is 1. The molecule has 0 radical (unpaired) electrons. The Kier molecular flexibility index (Phi) is 9.22. The van der Waals surface area contributed by atoms with Crippen LogP contribution in [0.5, 0.6) is 5.75 Å². The molecule has 1 fully saturated rings. The summed E-state index contributed by atoms with van der Waals surface area (Å²) in [6, 6.07) is 14.8. The number of amides is 3. The Morgan fingerprint density at radius 1 is 1.14 bits per heavy atom. The molecule has 44 heavy (non-hydrogen) atoms. The molecule has 1 aromatic heterocycles. The Hall–Kier alpha value is -4.40. The molecular formula is C29H24ClF3N6O4S. The smallest absolute Gasteiger partial charge is 0.406 e. The van der Waals surface area contributed by atoms with Gasteiger partial charge in [0.15, 0.2) is 11.0 Å². The molecule has 1 N–H and O–H groups in total. The lowest BCUT2D eigenvalue weighted by Crippen LogP contribution is -2.31. The van der Waals surface area contributed by atoms with E-state index >= 15 is 0 Å². The van der Waals surface area contributed by atoms with Crippen molar-refractivity contribution >= 4 is 51.8 Å². The van der Waals surface area contributed by atoms with Crippen molar-refractivity contribution in [3.63, 3.8) is 0 Å². The van der Waals surface area contributed by atoms with Crippen molar-refractivity contribution in [3.8, 4) is 22.8 Å². The number of nitrogens with zero attached hydrogens (tertiary/aromatic N) is 5. The first-order valence-corrected chi connectivity index (χ1v) is 14.5. The van der Waals surface area contributed by atoms with E-state index < -0.39 is 12.4 Å². The van der Waals surface area contributed by atoms with E-state index in [0.29, 0.717) is 30.2 Å². The van der Waals surface area contributed by atoms with Crippen LogP contribution in [0.1, 0.15) is 18.1 Å². The van der Waals surface area contributed by atoms with Gasteiger partial charge in [0.25, 0.3) is 0 Å². The number of aliphatic imine (C=N–C) groups is 1. The Morgan fingerprint density at radius 3 is 2.61 bits per heavy atom. The highest BCUT2D eigenvalue weighted by atomic mass is 35.5. The Labute approximate surface area is 258 Å². The summed E-state index contributed by atoms with van der Waals surface area (Å²) in [6.45, 7) is 4.60. The molecule has 0 aliphatic carbocycles. The number of benzene rings is 3. The second-order valence-corrected chi connectivity index (χ2v) is 10.7. The molecule has 0 unspecified atom stereocenters. The zero-order valence-corrected chi connectivity index (χ0v) is 24.8. The van der Waals surface area contributed by atoms with E-state index in [2.05, 4.69) is 25.1 Å². The van der Waals surface area contributed by atoms with Gasteiger partial charge in [0.05, 0.1) is 34.4 Å². The first-order valence-electron chi connectivity index (χ1n) is 13.1. The highest BCUT2D eigenvalue weighted by molar-refractivity contribution is 8.15. The highest BCUT2D eigenvalue weighted by Gasteiger charge is 2.32. The molecule has 4 aromatic rings. The van der Waals surface area contributed by atoms with Crippen LogP contribution in [0.3, 0.4) is 0 Å². The van der Waals surface area contributed by atoms with Crippen LogP contribution in [0, 0.1) is 6.92 Å². The minimum absolute atomic E-state index is 0.134. The minimum atomic E-state index is -4.79. The van der Waals surface area contributed by atoms with Crippen molar-refractivity contribution in [2.45, 2.75) is 26.8 Å². The Balaban J connectivity index is 1.30. The molecule has 0 bridgehead atoms. The number of halogens is 4. The fourth-order valence-electron chi connectivity index (χ4n) is 4.20. The molecule has 3 amide bonds. The molecular weight excluding hydrogens is 621 g/mol. The standard InChI is InChI=1S/C29H24ClF3N6O4S/c1-3-42-14-19-5-4-17(2)12-24(19)39-25(40)15-44-28(39)36-27(41)35-23-11-6-18(13-22(23)30)26-34-16-38(37-26)20-7-9-21(10-8-20)43-29(31,32)33/h4-13,16H,3,14-15H2,1-2H3,(H,35,41)/b36-28-. The normalized spacial score (nSPS) is 14.4. The van der Waals surface area contributed by atoms with Gasteiger partial charge in [-0.3, -0.25) is 9.69 Å². The lowest BCUT2D eigenvalue weighted by molar-refractivity contribution is -0.274. The van der Waals surface area contributed by atoms with Crippen LogP contribution in [-0.4, -0.2) is 50.6 Å². The van der Waals surface area contributed by atoms with Crippen molar-refractivity contribution < 1.29 is 32.2 Å². The summed E-state index contributed by atoms with van der Waals surface area (Å²) >= 11 is 7.61. The van der Waals surface area contributed by atoms with Crippen molar-refractivity contribution in [1.29, 1.82) is 0 Å². The summed E-state index contributed by atoms with van der Waals surface area (Å²) in [5.41, 5.74) is 3.61. The van der Waals surface area contributed by atoms with E-state index in [9.17, 15) is 22.8 Å². The first kappa shape index (κ1) is 31.0. The van der Waals surface area contributed by atoms with Gasteiger partial charge in [0, 0.05) is 17.7 Å². The molecule has 0 saturated carbocycles. The predicted octanol–water partition coefficient (Wildman–Crippen LogP) is 7.00. The predicted molar refractivity (Wildman–Crippen MR) is 161 cm³/mol. The van der Waals surface area contributed by atoms with Crippen molar-refractivity contribution in [2.24, 2.45) is 4.99 Å². The topological polar surface area (TPSA) is 111 Å². The number of rotatable bonds is 8. The highest BCUT2D eigenvalue weighted by Crippen LogP contribution is 2.32. The number of carbonyl (C=O) groups is 2. The summed E-state index contributed by atoms with van der Waals surface area (Å²) in [6.07, 6.45) is -3.39. The maximum absolute atomic E-state index is 12.9. The van der Waals surface area contributed by atoms with Crippen LogP contribution in [0.15, 0.2) is 72.0 Å². The van der Waals surface area contributed by atoms with Crippen LogP contribution in [-0.2, 0) is 16.1 Å². The molecule has 0 atom stereocenters. The maximum Gasteiger partial charge on any atom is 0.573 e. The summed E-state index contributed by atoms with van der Waals surface area (Å²) in [5.74, 6) is -0.138. The number of amidine groups is 1. The average molecular weight is 645 g/mol.